The molecule has 0 aliphatic rings. The first-order chi connectivity index (χ1) is 9.70. The third-order valence-corrected chi connectivity index (χ3v) is 3.20. The van der Waals surface area contributed by atoms with E-state index in [4.69, 9.17) is 4.74 Å². The molecule has 3 rings (SSSR count). The predicted molar refractivity (Wildman–Crippen MR) is 77.9 cm³/mol. The van der Waals surface area contributed by atoms with Gasteiger partial charge in [0.05, 0.1) is 12.2 Å². The van der Waals surface area contributed by atoms with E-state index in [1.807, 2.05) is 43.3 Å². The first-order valence-corrected chi connectivity index (χ1v) is 6.49. The van der Waals surface area contributed by atoms with E-state index in [9.17, 15) is 4.79 Å². The third kappa shape index (κ3) is 1.97. The van der Waals surface area contributed by atoms with Crippen LogP contribution in [0.2, 0.25) is 0 Å². The number of benzene rings is 2. The summed E-state index contributed by atoms with van der Waals surface area (Å²) < 4.78 is 6.96. The van der Waals surface area contributed by atoms with E-state index >= 15 is 0 Å². The first-order valence-electron chi connectivity index (χ1n) is 6.49. The van der Waals surface area contributed by atoms with Crippen molar-refractivity contribution < 1.29 is 4.74 Å². The lowest BCUT2D eigenvalue weighted by Gasteiger charge is -2.11. The molecule has 1 aromatic heterocycles. The van der Waals surface area contributed by atoms with Crippen LogP contribution in [0.5, 0.6) is 5.75 Å². The van der Waals surface area contributed by atoms with Crippen molar-refractivity contribution in [2.75, 3.05) is 6.61 Å². The Morgan fingerprint density at radius 2 is 2.05 bits per heavy atom. The number of fused-ring (bicyclic) bond motifs is 1. The molecule has 0 saturated heterocycles. The molecular formula is C15H15N3O2. The fourth-order valence-corrected chi connectivity index (χ4v) is 2.29. The molecule has 5 nitrogen and oxygen atoms in total. The Labute approximate surface area is 115 Å². The number of hydrogen-bond donors (Lipinski definition) is 1. The molecule has 102 valence electrons. The zero-order valence-electron chi connectivity index (χ0n) is 11.4. The monoisotopic (exact) mass is 269 g/mol. The molecule has 0 spiro atoms. The largest absolute Gasteiger partial charge is 0.493 e. The lowest BCUT2D eigenvalue weighted by atomic mass is 10.0. The van der Waals surface area contributed by atoms with Crippen molar-refractivity contribution in [1.29, 1.82) is 0 Å². The summed E-state index contributed by atoms with van der Waals surface area (Å²) in [5.74, 6) is 1.25. The van der Waals surface area contributed by atoms with E-state index in [1.54, 1.807) is 7.05 Å². The van der Waals surface area contributed by atoms with E-state index in [1.165, 1.54) is 4.68 Å². The zero-order chi connectivity index (χ0) is 14.1. The molecule has 0 amide bonds. The van der Waals surface area contributed by atoms with Gasteiger partial charge in [0.1, 0.15) is 5.75 Å². The van der Waals surface area contributed by atoms with Gasteiger partial charge in [0.15, 0.2) is 5.82 Å². The van der Waals surface area contributed by atoms with Gasteiger partial charge >= 0.3 is 5.69 Å². The van der Waals surface area contributed by atoms with E-state index in [0.717, 1.165) is 22.1 Å². The topological polar surface area (TPSA) is 59.9 Å². The van der Waals surface area contributed by atoms with Gasteiger partial charge in [0.25, 0.3) is 0 Å². The molecule has 1 heterocycles. The molecule has 2 aromatic carbocycles. The number of aryl methyl sites for hydroxylation is 1. The molecule has 0 aliphatic carbocycles. The lowest BCUT2D eigenvalue weighted by Crippen LogP contribution is -2.13. The Kier molecular flexibility index (Phi) is 3.02. The minimum absolute atomic E-state index is 0.240. The lowest BCUT2D eigenvalue weighted by molar-refractivity contribution is 0.342. The predicted octanol–water partition coefficient (Wildman–Crippen LogP) is 2.33. The van der Waals surface area contributed by atoms with Crippen LogP contribution in [0.3, 0.4) is 0 Å². The molecule has 0 bridgehead atoms. The third-order valence-electron chi connectivity index (χ3n) is 3.20. The van der Waals surface area contributed by atoms with Crippen LogP contribution < -0.4 is 10.4 Å². The summed E-state index contributed by atoms with van der Waals surface area (Å²) in [4.78, 5) is 14.4. The van der Waals surface area contributed by atoms with Crippen LogP contribution in [0.25, 0.3) is 22.2 Å². The highest BCUT2D eigenvalue weighted by molar-refractivity contribution is 5.98. The summed E-state index contributed by atoms with van der Waals surface area (Å²) in [6.07, 6.45) is 0. The fraction of sp³-hybridized carbons (Fsp3) is 0.200. The Morgan fingerprint density at radius 1 is 1.25 bits per heavy atom. The molecule has 0 saturated carbocycles. The second-order valence-electron chi connectivity index (χ2n) is 4.50. The highest BCUT2D eigenvalue weighted by Crippen LogP contribution is 2.34. The summed E-state index contributed by atoms with van der Waals surface area (Å²) >= 11 is 0. The SMILES string of the molecule is CCOc1ccc2ccccc2c1-c1nn(C)c(=O)[nH]1. The molecule has 0 aliphatic heterocycles. The number of rotatable bonds is 3. The highest BCUT2D eigenvalue weighted by atomic mass is 16.5. The van der Waals surface area contributed by atoms with Crippen LogP contribution in [0.4, 0.5) is 0 Å². The molecule has 1 N–H and O–H groups in total. The van der Waals surface area contributed by atoms with Gasteiger partial charge in [-0.1, -0.05) is 30.3 Å². The minimum atomic E-state index is -0.240. The van der Waals surface area contributed by atoms with Gasteiger partial charge in [-0.3, -0.25) is 4.98 Å². The standard InChI is InChI=1S/C15H15N3O2/c1-3-20-12-9-8-10-6-4-5-7-11(10)13(12)14-16-15(19)18(2)17-14/h4-9H,3H2,1-2H3,(H,16,17,19). The molecule has 0 radical (unpaired) electrons. The van der Waals surface area contributed by atoms with Gasteiger partial charge < -0.3 is 4.74 Å². The van der Waals surface area contributed by atoms with Crippen molar-refractivity contribution >= 4 is 10.8 Å². The maximum Gasteiger partial charge on any atom is 0.343 e. The second-order valence-corrected chi connectivity index (χ2v) is 4.50. The average molecular weight is 269 g/mol. The Hall–Kier alpha value is -2.56. The van der Waals surface area contributed by atoms with Crippen LogP contribution in [0, 0.1) is 0 Å². The summed E-state index contributed by atoms with van der Waals surface area (Å²) in [5.41, 5.74) is 0.582. The van der Waals surface area contributed by atoms with E-state index in [2.05, 4.69) is 10.1 Å². The van der Waals surface area contributed by atoms with E-state index in [-0.39, 0.29) is 5.69 Å². The van der Waals surface area contributed by atoms with E-state index in [0.29, 0.717) is 12.4 Å². The van der Waals surface area contributed by atoms with Crippen LogP contribution >= 0.6 is 0 Å². The number of H-pyrrole nitrogens is 1. The van der Waals surface area contributed by atoms with Gasteiger partial charge in [-0.05, 0) is 23.8 Å². The van der Waals surface area contributed by atoms with Gasteiger partial charge in [0.2, 0.25) is 0 Å². The number of hydrogen-bond acceptors (Lipinski definition) is 3. The smallest absolute Gasteiger partial charge is 0.343 e. The van der Waals surface area contributed by atoms with Crippen molar-refractivity contribution in [1.82, 2.24) is 14.8 Å². The molecular weight excluding hydrogens is 254 g/mol. The molecule has 5 heteroatoms. The molecule has 0 unspecified atom stereocenters. The van der Waals surface area contributed by atoms with Gasteiger partial charge in [-0.25, -0.2) is 9.48 Å². The second kappa shape index (κ2) is 4.85. The molecule has 0 atom stereocenters. The fourth-order valence-electron chi connectivity index (χ4n) is 2.29. The van der Waals surface area contributed by atoms with Crippen LogP contribution in [-0.4, -0.2) is 21.4 Å². The quantitative estimate of drug-likeness (QED) is 0.793. The molecule has 20 heavy (non-hydrogen) atoms. The van der Waals surface area contributed by atoms with E-state index < -0.39 is 0 Å². The Bertz CT molecular complexity index is 817. The number of aromatic amines is 1. The summed E-state index contributed by atoms with van der Waals surface area (Å²) in [6.45, 7) is 2.49. The Balaban J connectivity index is 2.34. The maximum absolute atomic E-state index is 11.6. The van der Waals surface area contributed by atoms with Crippen LogP contribution in [0.1, 0.15) is 6.92 Å². The molecule has 3 aromatic rings. The van der Waals surface area contributed by atoms with Crippen molar-refractivity contribution in [3.8, 4) is 17.1 Å². The molecule has 0 fully saturated rings. The van der Waals surface area contributed by atoms with Gasteiger partial charge in [-0.2, -0.15) is 0 Å². The summed E-state index contributed by atoms with van der Waals surface area (Å²) in [6, 6.07) is 11.9. The number of nitrogens with zero attached hydrogens (tertiary/aromatic N) is 2. The average Bonchev–Trinajstić information content (AvgIpc) is 2.78. The normalized spacial score (nSPS) is 10.9. The van der Waals surface area contributed by atoms with Crippen LogP contribution in [-0.2, 0) is 7.05 Å². The number of nitrogens with one attached hydrogen (secondary N) is 1. The van der Waals surface area contributed by atoms with Crippen molar-refractivity contribution in [2.24, 2.45) is 7.05 Å². The van der Waals surface area contributed by atoms with Gasteiger partial charge in [-0.15, -0.1) is 5.10 Å². The number of ether oxygens (including phenoxy) is 1. The van der Waals surface area contributed by atoms with Crippen molar-refractivity contribution in [2.45, 2.75) is 6.92 Å². The number of aromatic nitrogens is 3. The van der Waals surface area contributed by atoms with Crippen molar-refractivity contribution in [3.05, 3.63) is 46.9 Å². The van der Waals surface area contributed by atoms with Crippen LogP contribution in [0.15, 0.2) is 41.2 Å². The van der Waals surface area contributed by atoms with Crippen molar-refractivity contribution in [3.63, 3.8) is 0 Å². The van der Waals surface area contributed by atoms with Gasteiger partial charge in [0, 0.05) is 7.05 Å². The first kappa shape index (κ1) is 12.5. The highest BCUT2D eigenvalue weighted by Gasteiger charge is 2.15. The Morgan fingerprint density at radius 3 is 2.75 bits per heavy atom. The zero-order valence-corrected chi connectivity index (χ0v) is 11.4. The summed E-state index contributed by atoms with van der Waals surface area (Å²) in [5, 5.41) is 6.33. The summed E-state index contributed by atoms with van der Waals surface area (Å²) in [7, 11) is 1.62. The maximum atomic E-state index is 11.6. The minimum Gasteiger partial charge on any atom is -0.493 e.